The van der Waals surface area contributed by atoms with Crippen molar-refractivity contribution in [1.29, 1.82) is 0 Å². The molecule has 2 rings (SSSR count). The Kier molecular flexibility index (Phi) is 6.20. The second-order valence-electron chi connectivity index (χ2n) is 4.38. The number of thiophene rings is 1. The van der Waals surface area contributed by atoms with E-state index < -0.39 is 0 Å². The summed E-state index contributed by atoms with van der Waals surface area (Å²) in [6.45, 7) is 3.96. The van der Waals surface area contributed by atoms with Gasteiger partial charge in [0.2, 0.25) is 0 Å². The molecule has 0 aliphatic carbocycles. The zero-order valence-corrected chi connectivity index (χ0v) is 14.1. The SMILES string of the molecule is CCNC(=NCc1cccc(F)c1)NCc1ccc(Br)s1. The summed E-state index contributed by atoms with van der Waals surface area (Å²) in [4.78, 5) is 5.69. The van der Waals surface area contributed by atoms with E-state index in [0.717, 1.165) is 21.9 Å². The predicted molar refractivity (Wildman–Crippen MR) is 90.1 cm³/mol. The summed E-state index contributed by atoms with van der Waals surface area (Å²) < 4.78 is 14.2. The molecule has 1 aromatic heterocycles. The molecule has 0 amide bonds. The molecule has 21 heavy (non-hydrogen) atoms. The fourth-order valence-electron chi connectivity index (χ4n) is 1.77. The number of halogens is 2. The first-order chi connectivity index (χ1) is 10.2. The van der Waals surface area contributed by atoms with E-state index >= 15 is 0 Å². The van der Waals surface area contributed by atoms with Gasteiger partial charge in [-0.05, 0) is 52.7 Å². The molecule has 2 aromatic rings. The lowest BCUT2D eigenvalue weighted by molar-refractivity contribution is 0.625. The van der Waals surface area contributed by atoms with Crippen LogP contribution < -0.4 is 10.6 Å². The summed E-state index contributed by atoms with van der Waals surface area (Å²) in [7, 11) is 0. The van der Waals surface area contributed by atoms with E-state index in [9.17, 15) is 4.39 Å². The van der Waals surface area contributed by atoms with Crippen LogP contribution in [0, 0.1) is 5.82 Å². The zero-order chi connectivity index (χ0) is 15.1. The first-order valence-electron chi connectivity index (χ1n) is 6.68. The van der Waals surface area contributed by atoms with Gasteiger partial charge in [-0.3, -0.25) is 0 Å². The highest BCUT2D eigenvalue weighted by Crippen LogP contribution is 2.21. The summed E-state index contributed by atoms with van der Waals surface area (Å²) in [5.74, 6) is 0.496. The second-order valence-corrected chi connectivity index (χ2v) is 6.93. The highest BCUT2D eigenvalue weighted by Gasteiger charge is 2.01. The fraction of sp³-hybridized carbons (Fsp3) is 0.267. The Balaban J connectivity index is 1.95. The second kappa shape index (κ2) is 8.14. The molecule has 0 saturated heterocycles. The van der Waals surface area contributed by atoms with Crippen molar-refractivity contribution < 1.29 is 4.39 Å². The topological polar surface area (TPSA) is 36.4 Å². The minimum atomic E-state index is -0.232. The molecule has 0 radical (unpaired) electrons. The van der Waals surface area contributed by atoms with Crippen molar-refractivity contribution in [2.24, 2.45) is 4.99 Å². The number of guanidine groups is 1. The lowest BCUT2D eigenvalue weighted by atomic mass is 10.2. The largest absolute Gasteiger partial charge is 0.357 e. The third-order valence-corrected chi connectivity index (χ3v) is 4.34. The molecule has 112 valence electrons. The molecule has 0 saturated carbocycles. The number of benzene rings is 1. The van der Waals surface area contributed by atoms with Crippen molar-refractivity contribution in [1.82, 2.24) is 10.6 Å². The van der Waals surface area contributed by atoms with Crippen LogP contribution in [0.1, 0.15) is 17.4 Å². The van der Waals surface area contributed by atoms with E-state index in [1.165, 1.54) is 17.0 Å². The molecule has 0 bridgehead atoms. The van der Waals surface area contributed by atoms with Gasteiger partial charge in [0.05, 0.1) is 16.9 Å². The third kappa shape index (κ3) is 5.47. The first-order valence-corrected chi connectivity index (χ1v) is 8.29. The lowest BCUT2D eigenvalue weighted by Gasteiger charge is -2.10. The third-order valence-electron chi connectivity index (χ3n) is 2.71. The smallest absolute Gasteiger partial charge is 0.191 e. The molecule has 0 atom stereocenters. The van der Waals surface area contributed by atoms with Crippen molar-refractivity contribution in [2.45, 2.75) is 20.0 Å². The Morgan fingerprint density at radius 1 is 1.29 bits per heavy atom. The van der Waals surface area contributed by atoms with E-state index in [4.69, 9.17) is 0 Å². The fourth-order valence-corrected chi connectivity index (χ4v) is 3.19. The summed E-state index contributed by atoms with van der Waals surface area (Å²) in [5.41, 5.74) is 0.853. The molecule has 0 fully saturated rings. The monoisotopic (exact) mass is 369 g/mol. The maximum absolute atomic E-state index is 13.1. The highest BCUT2D eigenvalue weighted by molar-refractivity contribution is 9.11. The number of hydrogen-bond acceptors (Lipinski definition) is 2. The number of rotatable bonds is 5. The molecule has 3 nitrogen and oxygen atoms in total. The van der Waals surface area contributed by atoms with Crippen molar-refractivity contribution in [3.05, 3.63) is 56.4 Å². The van der Waals surface area contributed by atoms with Gasteiger partial charge in [-0.25, -0.2) is 9.38 Å². The van der Waals surface area contributed by atoms with Crippen LogP contribution in [0.25, 0.3) is 0 Å². The standard InChI is InChI=1S/C15H17BrFN3S/c1-2-18-15(20-10-13-6-7-14(16)21-13)19-9-11-4-3-5-12(17)8-11/h3-8H,2,9-10H2,1H3,(H2,18,19,20). The van der Waals surface area contributed by atoms with Gasteiger partial charge < -0.3 is 10.6 Å². The first kappa shape index (κ1) is 16.0. The van der Waals surface area contributed by atoms with Crippen molar-refractivity contribution >= 4 is 33.2 Å². The van der Waals surface area contributed by atoms with Gasteiger partial charge >= 0.3 is 0 Å². The van der Waals surface area contributed by atoms with Crippen LogP contribution in [-0.4, -0.2) is 12.5 Å². The molecule has 0 aliphatic heterocycles. The quantitative estimate of drug-likeness (QED) is 0.619. The molecule has 6 heteroatoms. The maximum atomic E-state index is 13.1. The predicted octanol–water partition coefficient (Wildman–Crippen LogP) is 3.91. The minimum Gasteiger partial charge on any atom is -0.357 e. The molecule has 0 spiro atoms. The normalized spacial score (nSPS) is 11.5. The summed E-state index contributed by atoms with van der Waals surface area (Å²) >= 11 is 5.13. The van der Waals surface area contributed by atoms with Crippen LogP contribution in [0.5, 0.6) is 0 Å². The number of nitrogens with zero attached hydrogens (tertiary/aromatic N) is 1. The van der Waals surface area contributed by atoms with Gasteiger partial charge in [-0.2, -0.15) is 0 Å². The minimum absolute atomic E-state index is 0.232. The van der Waals surface area contributed by atoms with Gasteiger partial charge in [-0.1, -0.05) is 12.1 Å². The van der Waals surface area contributed by atoms with Crippen LogP contribution in [0.3, 0.4) is 0 Å². The van der Waals surface area contributed by atoms with Gasteiger partial charge in [0.1, 0.15) is 5.82 Å². The van der Waals surface area contributed by atoms with Crippen molar-refractivity contribution in [3.8, 4) is 0 Å². The van der Waals surface area contributed by atoms with Crippen LogP contribution in [0.15, 0.2) is 45.2 Å². The Morgan fingerprint density at radius 2 is 2.14 bits per heavy atom. The summed E-state index contributed by atoms with van der Waals surface area (Å²) in [5, 5.41) is 6.45. The van der Waals surface area contributed by atoms with Crippen LogP contribution in [0.4, 0.5) is 4.39 Å². The number of aliphatic imine (C=N–C) groups is 1. The highest BCUT2D eigenvalue weighted by atomic mass is 79.9. The van der Waals surface area contributed by atoms with E-state index in [1.807, 2.05) is 19.1 Å². The average Bonchev–Trinajstić information content (AvgIpc) is 2.88. The zero-order valence-electron chi connectivity index (χ0n) is 11.7. The molecule has 1 aromatic carbocycles. The molecular formula is C15H17BrFN3S. The van der Waals surface area contributed by atoms with Crippen LogP contribution in [0.2, 0.25) is 0 Å². The lowest BCUT2D eigenvalue weighted by Crippen LogP contribution is -2.36. The molecule has 0 unspecified atom stereocenters. The Morgan fingerprint density at radius 3 is 2.81 bits per heavy atom. The average molecular weight is 370 g/mol. The Bertz CT molecular complexity index is 612. The number of hydrogen-bond donors (Lipinski definition) is 2. The van der Waals surface area contributed by atoms with Crippen molar-refractivity contribution in [3.63, 3.8) is 0 Å². The molecule has 1 heterocycles. The molecule has 0 aliphatic rings. The maximum Gasteiger partial charge on any atom is 0.191 e. The van der Waals surface area contributed by atoms with Crippen LogP contribution in [-0.2, 0) is 13.1 Å². The molecule has 2 N–H and O–H groups in total. The van der Waals surface area contributed by atoms with Gasteiger partial charge in [0.15, 0.2) is 5.96 Å². The van der Waals surface area contributed by atoms with E-state index in [2.05, 4.69) is 37.6 Å². The van der Waals surface area contributed by atoms with E-state index in [0.29, 0.717) is 13.1 Å². The van der Waals surface area contributed by atoms with Gasteiger partial charge in [-0.15, -0.1) is 11.3 Å². The Hall–Kier alpha value is -1.40. The van der Waals surface area contributed by atoms with Gasteiger partial charge in [0, 0.05) is 11.4 Å². The van der Waals surface area contributed by atoms with Crippen LogP contribution >= 0.6 is 27.3 Å². The number of nitrogens with one attached hydrogen (secondary N) is 2. The van der Waals surface area contributed by atoms with Gasteiger partial charge in [0.25, 0.3) is 0 Å². The summed E-state index contributed by atoms with van der Waals surface area (Å²) in [6.07, 6.45) is 0. The van der Waals surface area contributed by atoms with Crippen molar-refractivity contribution in [2.75, 3.05) is 6.54 Å². The molecular weight excluding hydrogens is 353 g/mol. The Labute approximate surface area is 136 Å². The van der Waals surface area contributed by atoms with E-state index in [-0.39, 0.29) is 5.82 Å². The van der Waals surface area contributed by atoms with E-state index in [1.54, 1.807) is 17.4 Å². The summed E-state index contributed by atoms with van der Waals surface area (Å²) in [6, 6.07) is 10.6.